The van der Waals surface area contributed by atoms with E-state index < -0.39 is 10.7 Å². The molecule has 0 aliphatic rings. The second-order valence-electron chi connectivity index (χ2n) is 5.04. The fourth-order valence-corrected chi connectivity index (χ4v) is 2.17. The Labute approximate surface area is 122 Å². The van der Waals surface area contributed by atoms with Crippen molar-refractivity contribution in [2.24, 2.45) is 0 Å². The van der Waals surface area contributed by atoms with Crippen molar-refractivity contribution in [3.63, 3.8) is 0 Å². The molecule has 0 fully saturated rings. The highest BCUT2D eigenvalue weighted by Gasteiger charge is 2.16. The van der Waals surface area contributed by atoms with Crippen LogP contribution in [0.25, 0.3) is 0 Å². The summed E-state index contributed by atoms with van der Waals surface area (Å²) in [5.74, 6) is -0.564. The van der Waals surface area contributed by atoms with Gasteiger partial charge in [-0.3, -0.25) is 10.1 Å². The van der Waals surface area contributed by atoms with Gasteiger partial charge < -0.3 is 5.32 Å². The van der Waals surface area contributed by atoms with Gasteiger partial charge in [0, 0.05) is 6.54 Å². The number of nitro benzene ring substituents is 1. The summed E-state index contributed by atoms with van der Waals surface area (Å²) in [6, 6.07) is 10.5. The molecule has 0 heterocycles. The third kappa shape index (κ3) is 3.78. The summed E-state index contributed by atoms with van der Waals surface area (Å²) in [6.07, 6.45) is 0.745. The molecule has 0 aromatic heterocycles. The van der Waals surface area contributed by atoms with Gasteiger partial charge in [-0.15, -0.1) is 0 Å². The SMILES string of the molecule is Cc1cccc(CCNc2cc(C)c(F)cc2[N+](=O)[O-])c1. The lowest BCUT2D eigenvalue weighted by molar-refractivity contribution is -0.384. The van der Waals surface area contributed by atoms with Gasteiger partial charge in [0.2, 0.25) is 0 Å². The minimum absolute atomic E-state index is 0.234. The monoisotopic (exact) mass is 288 g/mol. The first-order valence-corrected chi connectivity index (χ1v) is 6.71. The number of halogens is 1. The first-order valence-electron chi connectivity index (χ1n) is 6.71. The summed E-state index contributed by atoms with van der Waals surface area (Å²) in [4.78, 5) is 10.4. The van der Waals surface area contributed by atoms with Gasteiger partial charge in [0.25, 0.3) is 5.69 Å². The molecule has 0 unspecified atom stereocenters. The van der Waals surface area contributed by atoms with E-state index >= 15 is 0 Å². The Bertz CT molecular complexity index is 671. The molecule has 0 bridgehead atoms. The smallest absolute Gasteiger partial charge is 0.295 e. The Balaban J connectivity index is 2.09. The number of nitro groups is 1. The van der Waals surface area contributed by atoms with Crippen LogP contribution in [-0.2, 0) is 6.42 Å². The molecule has 4 nitrogen and oxygen atoms in total. The molecule has 2 rings (SSSR count). The Morgan fingerprint density at radius 3 is 2.67 bits per heavy atom. The van der Waals surface area contributed by atoms with Crippen LogP contribution >= 0.6 is 0 Å². The summed E-state index contributed by atoms with van der Waals surface area (Å²) < 4.78 is 13.4. The first-order chi connectivity index (χ1) is 9.97. The third-order valence-electron chi connectivity index (χ3n) is 3.29. The van der Waals surface area contributed by atoms with Crippen molar-refractivity contribution in [1.29, 1.82) is 0 Å². The van der Waals surface area contributed by atoms with Crippen molar-refractivity contribution < 1.29 is 9.31 Å². The molecule has 2 aromatic carbocycles. The summed E-state index contributed by atoms with van der Waals surface area (Å²) in [6.45, 7) is 4.16. The maximum atomic E-state index is 13.4. The zero-order valence-electron chi connectivity index (χ0n) is 12.0. The topological polar surface area (TPSA) is 55.2 Å². The summed E-state index contributed by atoms with van der Waals surface area (Å²) in [7, 11) is 0. The van der Waals surface area contributed by atoms with Gasteiger partial charge in [-0.2, -0.15) is 0 Å². The van der Waals surface area contributed by atoms with E-state index in [1.807, 2.05) is 25.1 Å². The van der Waals surface area contributed by atoms with E-state index in [4.69, 9.17) is 0 Å². The van der Waals surface area contributed by atoms with E-state index in [0.717, 1.165) is 18.1 Å². The molecular formula is C16H17FN2O2. The van der Waals surface area contributed by atoms with Crippen LogP contribution in [0.15, 0.2) is 36.4 Å². The highest BCUT2D eigenvalue weighted by Crippen LogP contribution is 2.27. The van der Waals surface area contributed by atoms with Crippen LogP contribution in [-0.4, -0.2) is 11.5 Å². The largest absolute Gasteiger partial charge is 0.379 e. The molecule has 0 amide bonds. The Morgan fingerprint density at radius 1 is 1.24 bits per heavy atom. The number of rotatable bonds is 5. The number of benzene rings is 2. The highest BCUT2D eigenvalue weighted by atomic mass is 19.1. The molecule has 5 heteroatoms. The lowest BCUT2D eigenvalue weighted by Gasteiger charge is -2.09. The Morgan fingerprint density at radius 2 is 2.00 bits per heavy atom. The molecule has 0 radical (unpaired) electrons. The van der Waals surface area contributed by atoms with Gasteiger partial charge >= 0.3 is 0 Å². The second kappa shape index (κ2) is 6.35. The Hall–Kier alpha value is -2.43. The third-order valence-corrected chi connectivity index (χ3v) is 3.29. The van der Waals surface area contributed by atoms with E-state index in [0.29, 0.717) is 17.8 Å². The average molecular weight is 288 g/mol. The van der Waals surface area contributed by atoms with E-state index in [1.165, 1.54) is 11.6 Å². The van der Waals surface area contributed by atoms with Gasteiger partial charge in [0.15, 0.2) is 0 Å². The second-order valence-corrected chi connectivity index (χ2v) is 5.04. The van der Waals surface area contributed by atoms with Crippen LogP contribution in [0.1, 0.15) is 16.7 Å². The van der Waals surface area contributed by atoms with Gasteiger partial charge in [-0.25, -0.2) is 4.39 Å². The molecule has 0 saturated carbocycles. The van der Waals surface area contributed by atoms with E-state index in [2.05, 4.69) is 11.4 Å². The number of hydrogen-bond donors (Lipinski definition) is 1. The van der Waals surface area contributed by atoms with E-state index in [9.17, 15) is 14.5 Å². The van der Waals surface area contributed by atoms with Crippen LogP contribution in [0, 0.1) is 29.8 Å². The highest BCUT2D eigenvalue weighted by molar-refractivity contribution is 5.63. The Kier molecular flexibility index (Phi) is 4.52. The van der Waals surface area contributed by atoms with Crippen LogP contribution < -0.4 is 5.32 Å². The lowest BCUT2D eigenvalue weighted by Crippen LogP contribution is -2.08. The lowest BCUT2D eigenvalue weighted by atomic mass is 10.1. The minimum Gasteiger partial charge on any atom is -0.379 e. The summed E-state index contributed by atoms with van der Waals surface area (Å²) >= 11 is 0. The number of anilines is 1. The fourth-order valence-electron chi connectivity index (χ4n) is 2.17. The van der Waals surface area contributed by atoms with Crippen molar-refractivity contribution in [3.8, 4) is 0 Å². The van der Waals surface area contributed by atoms with Crippen LogP contribution in [0.2, 0.25) is 0 Å². The number of nitrogens with zero attached hydrogens (tertiary/aromatic N) is 1. The maximum Gasteiger partial charge on any atom is 0.295 e. The van der Waals surface area contributed by atoms with E-state index in [1.54, 1.807) is 6.92 Å². The minimum atomic E-state index is -0.572. The van der Waals surface area contributed by atoms with Gasteiger partial charge in [0.1, 0.15) is 11.5 Å². The van der Waals surface area contributed by atoms with Gasteiger partial charge in [0.05, 0.1) is 11.0 Å². The van der Waals surface area contributed by atoms with Crippen LogP contribution in [0.3, 0.4) is 0 Å². The van der Waals surface area contributed by atoms with Crippen molar-refractivity contribution in [3.05, 3.63) is 69.0 Å². The molecule has 0 spiro atoms. The van der Waals surface area contributed by atoms with Crippen LogP contribution in [0.4, 0.5) is 15.8 Å². The predicted octanol–water partition coefficient (Wildman–Crippen LogP) is 4.01. The number of nitrogens with one attached hydrogen (secondary N) is 1. The van der Waals surface area contributed by atoms with Crippen molar-refractivity contribution in [2.45, 2.75) is 20.3 Å². The van der Waals surface area contributed by atoms with Crippen molar-refractivity contribution >= 4 is 11.4 Å². The molecular weight excluding hydrogens is 271 g/mol. The number of aryl methyl sites for hydroxylation is 2. The maximum absolute atomic E-state index is 13.4. The molecule has 0 aliphatic heterocycles. The molecule has 1 N–H and O–H groups in total. The van der Waals surface area contributed by atoms with Gasteiger partial charge in [-0.05, 0) is 37.5 Å². The van der Waals surface area contributed by atoms with Crippen molar-refractivity contribution in [2.75, 3.05) is 11.9 Å². The first kappa shape index (κ1) is 15.0. The predicted molar refractivity (Wildman–Crippen MR) is 81.2 cm³/mol. The summed E-state index contributed by atoms with van der Waals surface area (Å²) in [5.41, 5.74) is 2.84. The molecule has 0 atom stereocenters. The fraction of sp³-hybridized carbons (Fsp3) is 0.250. The van der Waals surface area contributed by atoms with Gasteiger partial charge in [-0.1, -0.05) is 29.8 Å². The standard InChI is InChI=1S/C16H17FN2O2/c1-11-4-3-5-13(8-11)6-7-18-15-9-12(2)14(17)10-16(15)19(20)21/h3-5,8-10,18H,6-7H2,1-2H3. The molecule has 2 aromatic rings. The quantitative estimate of drug-likeness (QED) is 0.668. The average Bonchev–Trinajstić information content (AvgIpc) is 2.42. The molecule has 0 aliphatic carbocycles. The normalized spacial score (nSPS) is 10.4. The van der Waals surface area contributed by atoms with E-state index in [-0.39, 0.29) is 5.69 Å². The van der Waals surface area contributed by atoms with Crippen molar-refractivity contribution in [1.82, 2.24) is 0 Å². The summed E-state index contributed by atoms with van der Waals surface area (Å²) in [5, 5.41) is 14.0. The molecule has 110 valence electrons. The van der Waals surface area contributed by atoms with Crippen LogP contribution in [0.5, 0.6) is 0 Å². The molecule has 0 saturated heterocycles. The number of hydrogen-bond acceptors (Lipinski definition) is 3. The zero-order chi connectivity index (χ0) is 15.4. The molecule has 21 heavy (non-hydrogen) atoms. The zero-order valence-corrected chi connectivity index (χ0v) is 12.0.